The second-order valence-electron chi connectivity index (χ2n) is 6.11. The summed E-state index contributed by atoms with van der Waals surface area (Å²) in [7, 11) is 0. The Morgan fingerprint density at radius 3 is 2.48 bits per heavy atom. The van der Waals surface area contributed by atoms with Gasteiger partial charge in [0.2, 0.25) is 0 Å². The van der Waals surface area contributed by atoms with Crippen molar-refractivity contribution < 1.29 is 4.42 Å². The molecule has 4 nitrogen and oxygen atoms in total. The van der Waals surface area contributed by atoms with E-state index in [2.05, 4.69) is 42.0 Å². The fourth-order valence-electron chi connectivity index (χ4n) is 2.93. The van der Waals surface area contributed by atoms with Crippen LogP contribution in [-0.4, -0.2) is 49.1 Å². The van der Waals surface area contributed by atoms with Gasteiger partial charge in [-0.05, 0) is 44.5 Å². The Balaban J connectivity index is 1.79. The predicted octanol–water partition coefficient (Wildman–Crippen LogP) is 2.62. The van der Waals surface area contributed by atoms with Crippen molar-refractivity contribution in [2.45, 2.75) is 46.7 Å². The van der Waals surface area contributed by atoms with E-state index in [0.29, 0.717) is 0 Å². The van der Waals surface area contributed by atoms with Crippen LogP contribution in [0.1, 0.15) is 43.8 Å². The summed E-state index contributed by atoms with van der Waals surface area (Å²) in [5.41, 5.74) is 1.28. The highest BCUT2D eigenvalue weighted by atomic mass is 16.3. The Labute approximate surface area is 129 Å². The molecule has 21 heavy (non-hydrogen) atoms. The van der Waals surface area contributed by atoms with E-state index in [-0.39, 0.29) is 0 Å². The standard InChI is InChI=1S/C17H31N3O/c1-4-6-18-13-17-15(3)12-16(21-17)14-20-10-8-19(7-5-2)9-11-20/h12,18H,4-11,13-14H2,1-3H3. The van der Waals surface area contributed by atoms with Gasteiger partial charge < -0.3 is 14.6 Å². The summed E-state index contributed by atoms with van der Waals surface area (Å²) in [5.74, 6) is 2.22. The normalized spacial score (nSPS) is 17.5. The number of rotatable bonds is 8. The van der Waals surface area contributed by atoms with Crippen molar-refractivity contribution in [3.8, 4) is 0 Å². The molecule has 1 aromatic heterocycles. The van der Waals surface area contributed by atoms with Gasteiger partial charge in [0, 0.05) is 26.2 Å². The zero-order chi connectivity index (χ0) is 15.1. The van der Waals surface area contributed by atoms with Crippen LogP contribution in [0.4, 0.5) is 0 Å². The maximum Gasteiger partial charge on any atom is 0.120 e. The number of furan rings is 1. The van der Waals surface area contributed by atoms with Gasteiger partial charge in [-0.25, -0.2) is 0 Å². The maximum atomic E-state index is 6.02. The van der Waals surface area contributed by atoms with Gasteiger partial charge in [-0.2, -0.15) is 0 Å². The number of nitrogens with one attached hydrogen (secondary N) is 1. The van der Waals surface area contributed by atoms with Crippen LogP contribution in [0.2, 0.25) is 0 Å². The van der Waals surface area contributed by atoms with Gasteiger partial charge in [-0.15, -0.1) is 0 Å². The number of hydrogen-bond donors (Lipinski definition) is 1. The van der Waals surface area contributed by atoms with E-state index in [9.17, 15) is 0 Å². The minimum atomic E-state index is 0.851. The lowest BCUT2D eigenvalue weighted by atomic mass is 10.2. The lowest BCUT2D eigenvalue weighted by Gasteiger charge is -2.33. The maximum absolute atomic E-state index is 6.02. The van der Waals surface area contributed by atoms with Crippen molar-refractivity contribution in [3.63, 3.8) is 0 Å². The molecule has 0 atom stereocenters. The zero-order valence-electron chi connectivity index (χ0n) is 14.0. The molecule has 2 heterocycles. The third kappa shape index (κ3) is 5.13. The number of nitrogens with zero attached hydrogens (tertiary/aromatic N) is 2. The molecule has 120 valence electrons. The molecule has 1 N–H and O–H groups in total. The summed E-state index contributed by atoms with van der Waals surface area (Å²) in [5, 5.41) is 3.41. The molecule has 0 amide bonds. The summed E-state index contributed by atoms with van der Waals surface area (Å²) in [6, 6.07) is 2.21. The summed E-state index contributed by atoms with van der Waals surface area (Å²) in [6.45, 7) is 15.4. The Morgan fingerprint density at radius 1 is 1.10 bits per heavy atom. The monoisotopic (exact) mass is 293 g/mol. The molecule has 1 aliphatic rings. The van der Waals surface area contributed by atoms with Gasteiger partial charge >= 0.3 is 0 Å². The molecular weight excluding hydrogens is 262 g/mol. The fourth-order valence-corrected chi connectivity index (χ4v) is 2.93. The molecule has 0 aliphatic carbocycles. The molecule has 0 saturated carbocycles. The molecule has 2 rings (SSSR count). The second-order valence-corrected chi connectivity index (χ2v) is 6.11. The van der Waals surface area contributed by atoms with Crippen LogP contribution in [0.25, 0.3) is 0 Å². The highest BCUT2D eigenvalue weighted by molar-refractivity contribution is 5.20. The quantitative estimate of drug-likeness (QED) is 0.747. The first-order valence-electron chi connectivity index (χ1n) is 8.46. The fraction of sp³-hybridized carbons (Fsp3) is 0.765. The molecule has 0 spiro atoms. The Morgan fingerprint density at radius 2 is 1.81 bits per heavy atom. The number of aryl methyl sites for hydroxylation is 1. The van der Waals surface area contributed by atoms with E-state index < -0.39 is 0 Å². The molecule has 0 aromatic carbocycles. The van der Waals surface area contributed by atoms with E-state index in [4.69, 9.17) is 4.42 Å². The van der Waals surface area contributed by atoms with Crippen molar-refractivity contribution in [3.05, 3.63) is 23.2 Å². The minimum absolute atomic E-state index is 0.851. The van der Waals surface area contributed by atoms with Crippen LogP contribution in [0, 0.1) is 6.92 Å². The van der Waals surface area contributed by atoms with E-state index in [1.807, 2.05) is 0 Å². The lowest BCUT2D eigenvalue weighted by molar-refractivity contribution is 0.120. The third-order valence-corrected chi connectivity index (χ3v) is 4.17. The zero-order valence-corrected chi connectivity index (χ0v) is 14.0. The van der Waals surface area contributed by atoms with Crippen LogP contribution in [0.3, 0.4) is 0 Å². The van der Waals surface area contributed by atoms with Crippen molar-refractivity contribution >= 4 is 0 Å². The van der Waals surface area contributed by atoms with E-state index in [1.165, 1.54) is 31.6 Å². The van der Waals surface area contributed by atoms with Gasteiger partial charge in [0.05, 0.1) is 13.1 Å². The molecule has 0 bridgehead atoms. The lowest BCUT2D eigenvalue weighted by Crippen LogP contribution is -2.45. The summed E-state index contributed by atoms with van der Waals surface area (Å²) in [4.78, 5) is 5.07. The van der Waals surface area contributed by atoms with Crippen LogP contribution in [-0.2, 0) is 13.1 Å². The SMILES string of the molecule is CCCNCc1oc(CN2CCN(CCC)CC2)cc1C. The summed E-state index contributed by atoms with van der Waals surface area (Å²) in [6.07, 6.45) is 2.42. The smallest absolute Gasteiger partial charge is 0.120 e. The topological polar surface area (TPSA) is 31.7 Å². The van der Waals surface area contributed by atoms with Gasteiger partial charge in [-0.1, -0.05) is 13.8 Å². The Hall–Kier alpha value is -0.840. The van der Waals surface area contributed by atoms with Gasteiger partial charge in [0.25, 0.3) is 0 Å². The number of piperazine rings is 1. The van der Waals surface area contributed by atoms with Crippen molar-refractivity contribution in [1.82, 2.24) is 15.1 Å². The molecule has 4 heteroatoms. The third-order valence-electron chi connectivity index (χ3n) is 4.17. The van der Waals surface area contributed by atoms with Crippen molar-refractivity contribution in [2.75, 3.05) is 39.3 Å². The van der Waals surface area contributed by atoms with Crippen molar-refractivity contribution in [1.29, 1.82) is 0 Å². The van der Waals surface area contributed by atoms with Gasteiger partial charge in [0.15, 0.2) is 0 Å². The van der Waals surface area contributed by atoms with Crippen molar-refractivity contribution in [2.24, 2.45) is 0 Å². The van der Waals surface area contributed by atoms with Gasteiger partial charge in [0.1, 0.15) is 11.5 Å². The van der Waals surface area contributed by atoms with E-state index in [1.54, 1.807) is 0 Å². The van der Waals surface area contributed by atoms with Crippen LogP contribution in [0.15, 0.2) is 10.5 Å². The predicted molar refractivity (Wildman–Crippen MR) is 87.5 cm³/mol. The Bertz CT molecular complexity index is 408. The first kappa shape index (κ1) is 16.5. The van der Waals surface area contributed by atoms with E-state index in [0.717, 1.165) is 50.7 Å². The molecule has 1 saturated heterocycles. The largest absolute Gasteiger partial charge is 0.463 e. The second kappa shape index (κ2) is 8.57. The Kier molecular flexibility index (Phi) is 6.74. The average Bonchev–Trinajstić information content (AvgIpc) is 2.82. The van der Waals surface area contributed by atoms with Gasteiger partial charge in [-0.3, -0.25) is 4.90 Å². The minimum Gasteiger partial charge on any atom is -0.463 e. The van der Waals surface area contributed by atoms with Crippen LogP contribution >= 0.6 is 0 Å². The first-order valence-corrected chi connectivity index (χ1v) is 8.46. The summed E-state index contributed by atoms with van der Waals surface area (Å²) >= 11 is 0. The molecule has 1 aromatic rings. The summed E-state index contributed by atoms with van der Waals surface area (Å²) < 4.78 is 6.02. The number of hydrogen-bond acceptors (Lipinski definition) is 4. The van der Waals surface area contributed by atoms with Crippen LogP contribution < -0.4 is 5.32 Å². The van der Waals surface area contributed by atoms with E-state index >= 15 is 0 Å². The molecule has 0 unspecified atom stereocenters. The first-order chi connectivity index (χ1) is 10.2. The highest BCUT2D eigenvalue weighted by Gasteiger charge is 2.18. The highest BCUT2D eigenvalue weighted by Crippen LogP contribution is 2.17. The molecule has 1 fully saturated rings. The van der Waals surface area contributed by atoms with Crippen LogP contribution in [0.5, 0.6) is 0 Å². The molecule has 0 radical (unpaired) electrons. The molecular formula is C17H31N3O. The average molecular weight is 293 g/mol. The molecule has 1 aliphatic heterocycles.